The van der Waals surface area contributed by atoms with E-state index in [1.54, 1.807) is 0 Å². The lowest BCUT2D eigenvalue weighted by molar-refractivity contribution is -0.116. The molecule has 21 heavy (non-hydrogen) atoms. The standard InChI is InChI=1S/C16H24FN3O/c1-16(2)6-9-20(10-7-16)8-5-15(21)19-14-4-3-12(17)11-13(14)18/h3-4,11H,5-10,18H2,1-2H3,(H,19,21). The highest BCUT2D eigenvalue weighted by Gasteiger charge is 2.25. The van der Waals surface area contributed by atoms with Gasteiger partial charge in [-0.1, -0.05) is 13.8 Å². The summed E-state index contributed by atoms with van der Waals surface area (Å²) in [5, 5.41) is 2.74. The van der Waals surface area contributed by atoms with Crippen LogP contribution >= 0.6 is 0 Å². The number of halogens is 1. The predicted molar refractivity (Wildman–Crippen MR) is 83.5 cm³/mol. The van der Waals surface area contributed by atoms with Gasteiger partial charge in [0, 0.05) is 13.0 Å². The summed E-state index contributed by atoms with van der Waals surface area (Å²) in [7, 11) is 0. The molecular weight excluding hydrogens is 269 g/mol. The Morgan fingerprint density at radius 2 is 2.05 bits per heavy atom. The van der Waals surface area contributed by atoms with Crippen LogP contribution in [0.3, 0.4) is 0 Å². The number of nitrogens with two attached hydrogens (primary N) is 1. The highest BCUT2D eigenvalue weighted by Crippen LogP contribution is 2.29. The van der Waals surface area contributed by atoms with Gasteiger partial charge in [-0.15, -0.1) is 0 Å². The van der Waals surface area contributed by atoms with Gasteiger partial charge in [0.15, 0.2) is 0 Å². The predicted octanol–water partition coefficient (Wildman–Crippen LogP) is 2.86. The van der Waals surface area contributed by atoms with Crippen LogP contribution in [0, 0.1) is 11.2 Å². The Balaban J connectivity index is 1.78. The third-order valence-corrected chi connectivity index (χ3v) is 4.15. The normalized spacial score (nSPS) is 18.4. The molecule has 116 valence electrons. The molecule has 0 radical (unpaired) electrons. The van der Waals surface area contributed by atoms with E-state index in [2.05, 4.69) is 24.1 Å². The van der Waals surface area contributed by atoms with Gasteiger partial charge in [0.25, 0.3) is 0 Å². The number of amides is 1. The zero-order chi connectivity index (χ0) is 15.5. The van der Waals surface area contributed by atoms with E-state index in [9.17, 15) is 9.18 Å². The van der Waals surface area contributed by atoms with E-state index in [1.807, 2.05) is 0 Å². The minimum atomic E-state index is -0.401. The third kappa shape index (κ3) is 4.70. The number of likely N-dealkylation sites (tertiary alicyclic amines) is 1. The molecule has 1 amide bonds. The van der Waals surface area contributed by atoms with Gasteiger partial charge in [0.05, 0.1) is 11.4 Å². The summed E-state index contributed by atoms with van der Waals surface area (Å²) in [5.41, 5.74) is 6.82. The van der Waals surface area contributed by atoms with Crippen molar-refractivity contribution in [3.05, 3.63) is 24.0 Å². The summed E-state index contributed by atoms with van der Waals surface area (Å²) in [4.78, 5) is 14.3. The van der Waals surface area contributed by atoms with Gasteiger partial charge in [0.2, 0.25) is 5.91 Å². The minimum Gasteiger partial charge on any atom is -0.397 e. The molecule has 1 heterocycles. The Bertz CT molecular complexity index is 506. The average Bonchev–Trinajstić information content (AvgIpc) is 2.41. The number of carbonyl (C=O) groups excluding carboxylic acids is 1. The maximum atomic E-state index is 12.9. The van der Waals surface area contributed by atoms with Crippen molar-refractivity contribution in [3.8, 4) is 0 Å². The molecule has 0 unspecified atom stereocenters. The molecule has 1 aliphatic rings. The highest BCUT2D eigenvalue weighted by molar-refractivity contribution is 5.93. The number of benzene rings is 1. The van der Waals surface area contributed by atoms with E-state index in [1.165, 1.54) is 31.0 Å². The summed E-state index contributed by atoms with van der Waals surface area (Å²) >= 11 is 0. The fourth-order valence-corrected chi connectivity index (χ4v) is 2.50. The van der Waals surface area contributed by atoms with Crippen molar-refractivity contribution in [2.24, 2.45) is 5.41 Å². The Labute approximate surface area is 125 Å². The molecule has 0 aromatic heterocycles. The Morgan fingerprint density at radius 3 is 2.67 bits per heavy atom. The van der Waals surface area contributed by atoms with E-state index in [0.717, 1.165) is 19.6 Å². The third-order valence-electron chi connectivity index (χ3n) is 4.15. The molecule has 2 rings (SSSR count). The first-order valence-electron chi connectivity index (χ1n) is 7.43. The fraction of sp³-hybridized carbons (Fsp3) is 0.562. The quantitative estimate of drug-likeness (QED) is 0.839. The number of hydrogen-bond acceptors (Lipinski definition) is 3. The van der Waals surface area contributed by atoms with Crippen molar-refractivity contribution in [1.82, 2.24) is 4.90 Å². The SMILES string of the molecule is CC1(C)CCN(CCC(=O)Nc2ccc(F)cc2N)CC1. The first kappa shape index (κ1) is 15.8. The van der Waals surface area contributed by atoms with Gasteiger partial charge in [-0.3, -0.25) is 4.79 Å². The number of nitrogens with zero attached hydrogens (tertiary/aromatic N) is 1. The van der Waals surface area contributed by atoms with Crippen LogP contribution in [0.2, 0.25) is 0 Å². The zero-order valence-corrected chi connectivity index (χ0v) is 12.8. The van der Waals surface area contributed by atoms with Crippen LogP contribution in [0.5, 0.6) is 0 Å². The number of carbonyl (C=O) groups is 1. The molecule has 1 aromatic rings. The van der Waals surface area contributed by atoms with Crippen molar-refractivity contribution < 1.29 is 9.18 Å². The second-order valence-corrected chi connectivity index (χ2v) is 6.54. The zero-order valence-electron chi connectivity index (χ0n) is 12.8. The van der Waals surface area contributed by atoms with Crippen molar-refractivity contribution in [2.45, 2.75) is 33.1 Å². The van der Waals surface area contributed by atoms with Crippen LogP contribution in [0.1, 0.15) is 33.1 Å². The van der Waals surface area contributed by atoms with Crippen LogP contribution in [-0.4, -0.2) is 30.4 Å². The molecule has 1 fully saturated rings. The number of hydrogen-bond donors (Lipinski definition) is 2. The second-order valence-electron chi connectivity index (χ2n) is 6.54. The van der Waals surface area contributed by atoms with Gasteiger partial charge in [-0.05, 0) is 49.5 Å². The molecule has 3 N–H and O–H groups in total. The first-order valence-corrected chi connectivity index (χ1v) is 7.43. The van der Waals surface area contributed by atoms with Crippen LogP contribution < -0.4 is 11.1 Å². The average molecular weight is 293 g/mol. The second kappa shape index (κ2) is 6.43. The van der Waals surface area contributed by atoms with Gasteiger partial charge in [-0.25, -0.2) is 4.39 Å². The molecule has 0 aliphatic carbocycles. The molecule has 0 spiro atoms. The van der Waals surface area contributed by atoms with E-state index in [4.69, 9.17) is 5.73 Å². The van der Waals surface area contributed by atoms with Crippen LogP contribution in [0.4, 0.5) is 15.8 Å². The van der Waals surface area contributed by atoms with Gasteiger partial charge in [0.1, 0.15) is 5.82 Å². The van der Waals surface area contributed by atoms with Crippen molar-refractivity contribution in [1.29, 1.82) is 0 Å². The van der Waals surface area contributed by atoms with E-state index in [0.29, 0.717) is 17.5 Å². The minimum absolute atomic E-state index is 0.0851. The maximum absolute atomic E-state index is 12.9. The molecule has 1 aromatic carbocycles. The van der Waals surface area contributed by atoms with Crippen molar-refractivity contribution in [2.75, 3.05) is 30.7 Å². The van der Waals surface area contributed by atoms with Gasteiger partial charge >= 0.3 is 0 Å². The Kier molecular flexibility index (Phi) is 4.83. The lowest BCUT2D eigenvalue weighted by Gasteiger charge is -2.36. The van der Waals surface area contributed by atoms with Crippen LogP contribution in [-0.2, 0) is 4.79 Å². The van der Waals surface area contributed by atoms with Gasteiger partial charge < -0.3 is 16.0 Å². The summed E-state index contributed by atoms with van der Waals surface area (Å²) < 4.78 is 12.9. The molecule has 0 saturated carbocycles. The number of rotatable bonds is 4. The Hall–Kier alpha value is -1.62. The maximum Gasteiger partial charge on any atom is 0.225 e. The highest BCUT2D eigenvalue weighted by atomic mass is 19.1. The largest absolute Gasteiger partial charge is 0.397 e. The molecular formula is C16H24FN3O. The summed E-state index contributed by atoms with van der Waals surface area (Å²) in [6, 6.07) is 3.99. The Morgan fingerprint density at radius 1 is 1.38 bits per heavy atom. The van der Waals surface area contributed by atoms with Crippen LogP contribution in [0.15, 0.2) is 18.2 Å². The van der Waals surface area contributed by atoms with Gasteiger partial charge in [-0.2, -0.15) is 0 Å². The monoisotopic (exact) mass is 293 g/mol. The molecule has 4 nitrogen and oxygen atoms in total. The summed E-state index contributed by atoms with van der Waals surface area (Å²) in [6.07, 6.45) is 2.76. The van der Waals surface area contributed by atoms with E-state index in [-0.39, 0.29) is 11.6 Å². The molecule has 5 heteroatoms. The molecule has 0 atom stereocenters. The molecule has 1 saturated heterocycles. The smallest absolute Gasteiger partial charge is 0.225 e. The first-order chi connectivity index (χ1) is 9.85. The van der Waals surface area contributed by atoms with Crippen molar-refractivity contribution >= 4 is 17.3 Å². The van der Waals surface area contributed by atoms with E-state index >= 15 is 0 Å². The molecule has 1 aliphatic heterocycles. The summed E-state index contributed by atoms with van der Waals surface area (Å²) in [6.45, 7) is 7.41. The van der Waals surface area contributed by atoms with E-state index < -0.39 is 5.82 Å². The molecule has 0 bridgehead atoms. The number of nitrogens with one attached hydrogen (secondary N) is 1. The number of anilines is 2. The number of piperidine rings is 1. The lowest BCUT2D eigenvalue weighted by Crippen LogP contribution is -2.38. The fourth-order valence-electron chi connectivity index (χ4n) is 2.50. The topological polar surface area (TPSA) is 58.4 Å². The lowest BCUT2D eigenvalue weighted by atomic mass is 9.83. The van der Waals surface area contributed by atoms with Crippen molar-refractivity contribution in [3.63, 3.8) is 0 Å². The van der Waals surface area contributed by atoms with Crippen LogP contribution in [0.25, 0.3) is 0 Å². The summed E-state index contributed by atoms with van der Waals surface area (Å²) in [5.74, 6) is -0.487. The number of nitrogen functional groups attached to an aromatic ring is 1.